The maximum Gasteiger partial charge on any atom is 0.416 e. The van der Waals surface area contributed by atoms with Gasteiger partial charge in [0.2, 0.25) is 0 Å². The molecule has 0 spiro atoms. The molecule has 0 radical (unpaired) electrons. The molecule has 0 saturated heterocycles. The van der Waals surface area contributed by atoms with E-state index in [0.29, 0.717) is 35.7 Å². The molecule has 8 nitrogen and oxygen atoms in total. The molecule has 1 aliphatic heterocycles. The average Bonchev–Trinajstić information content (AvgIpc) is 3.61. The highest BCUT2D eigenvalue weighted by molar-refractivity contribution is 7.09. The molecule has 1 aliphatic rings. The number of anilines is 2. The van der Waals surface area contributed by atoms with Crippen LogP contribution in [-0.2, 0) is 38.2 Å². The predicted octanol–water partition coefficient (Wildman–Crippen LogP) is 7.00. The van der Waals surface area contributed by atoms with Gasteiger partial charge in [0.05, 0.1) is 35.8 Å². The van der Waals surface area contributed by atoms with E-state index in [4.69, 9.17) is 5.73 Å². The zero-order valence-electron chi connectivity index (χ0n) is 24.1. The highest BCUT2D eigenvalue weighted by atomic mass is 32.1. The number of nitrogens with two attached hydrogens (primary N) is 1. The summed E-state index contributed by atoms with van der Waals surface area (Å²) in [6.07, 6.45) is -12.6. The zero-order valence-corrected chi connectivity index (χ0v) is 24.9. The first-order valence-electron chi connectivity index (χ1n) is 13.9. The molecule has 18 heteroatoms. The quantitative estimate of drug-likeness (QED) is 0.201. The SMILES string of the molecule is Cc1cc2c(cc1C(F)(F)F)N(Cc1nccs1)CCC[C@@H]2N(Cc1cc(C(F)(F)F)cc(C(F)(F)F)c1)c1nnn(CCN)n1. The number of aromatic nitrogens is 5. The monoisotopic (exact) mass is 678 g/mol. The normalized spacial score (nSPS) is 16.0. The van der Waals surface area contributed by atoms with Crippen LogP contribution >= 0.6 is 11.3 Å². The van der Waals surface area contributed by atoms with E-state index in [9.17, 15) is 39.5 Å². The number of nitrogens with zero attached hydrogens (tertiary/aromatic N) is 7. The summed E-state index contributed by atoms with van der Waals surface area (Å²) in [6.45, 7) is 1.45. The third kappa shape index (κ3) is 7.37. The van der Waals surface area contributed by atoms with Crippen molar-refractivity contribution in [3.8, 4) is 0 Å². The minimum atomic E-state index is -5.08. The number of hydrogen-bond donors (Lipinski definition) is 1. The van der Waals surface area contributed by atoms with Crippen LogP contribution < -0.4 is 15.5 Å². The fourth-order valence-electron chi connectivity index (χ4n) is 5.49. The molecule has 0 fully saturated rings. The van der Waals surface area contributed by atoms with Gasteiger partial charge in [0, 0.05) is 36.9 Å². The summed E-state index contributed by atoms with van der Waals surface area (Å²) in [7, 11) is 0. The molecule has 46 heavy (non-hydrogen) atoms. The van der Waals surface area contributed by atoms with Crippen molar-refractivity contribution >= 4 is 23.0 Å². The van der Waals surface area contributed by atoms with Gasteiger partial charge in [-0.25, -0.2) is 4.98 Å². The lowest BCUT2D eigenvalue weighted by atomic mass is 9.94. The molecule has 0 aliphatic carbocycles. The standard InChI is InChI=1S/C28H27F9N8S/c1-16-9-20-22(3-2-6-43(15-24-39-5-8-46-24)23(20)13-21(16)28(35,36)37)44(25-40-42-45(41-25)7-4-38)14-17-10-18(26(29,30)31)12-19(11-17)27(32,33)34/h5,8-13,22H,2-4,6-7,14-15,38H2,1H3/t22-/m0/s1. The van der Waals surface area contributed by atoms with Crippen molar-refractivity contribution in [2.75, 3.05) is 22.9 Å². The zero-order chi connectivity index (χ0) is 33.4. The third-order valence-corrected chi connectivity index (χ3v) is 8.26. The Balaban J connectivity index is 1.68. The van der Waals surface area contributed by atoms with Gasteiger partial charge in [0.15, 0.2) is 0 Å². The van der Waals surface area contributed by atoms with Gasteiger partial charge in [-0.15, -0.1) is 16.4 Å². The van der Waals surface area contributed by atoms with E-state index in [-0.39, 0.29) is 54.9 Å². The first kappa shape index (κ1) is 33.4. The molecule has 4 aromatic rings. The lowest BCUT2D eigenvalue weighted by Gasteiger charge is -2.33. The summed E-state index contributed by atoms with van der Waals surface area (Å²) in [6, 6.07) is 2.76. The number of rotatable bonds is 8. The Bertz CT molecular complexity index is 1620. The number of hydrogen-bond acceptors (Lipinski definition) is 8. The second kappa shape index (κ2) is 12.7. The molecule has 0 unspecified atom stereocenters. The summed E-state index contributed by atoms with van der Waals surface area (Å²) in [4.78, 5) is 8.51. The molecule has 248 valence electrons. The van der Waals surface area contributed by atoms with Gasteiger partial charge >= 0.3 is 18.5 Å². The van der Waals surface area contributed by atoms with Crippen molar-refractivity contribution in [3.63, 3.8) is 0 Å². The van der Waals surface area contributed by atoms with Crippen LogP contribution in [0.4, 0.5) is 51.1 Å². The fraction of sp³-hybridized carbons (Fsp3) is 0.429. The van der Waals surface area contributed by atoms with Gasteiger partial charge in [-0.1, -0.05) is 11.2 Å². The Hall–Kier alpha value is -3.93. The molecule has 1 atom stereocenters. The van der Waals surface area contributed by atoms with Crippen molar-refractivity contribution in [3.05, 3.63) is 80.3 Å². The fourth-order valence-corrected chi connectivity index (χ4v) is 6.12. The molecular weight excluding hydrogens is 651 g/mol. The lowest BCUT2D eigenvalue weighted by molar-refractivity contribution is -0.143. The second-order valence-corrected chi connectivity index (χ2v) is 11.7. The van der Waals surface area contributed by atoms with Crippen molar-refractivity contribution in [2.24, 2.45) is 5.73 Å². The Morgan fingerprint density at radius 3 is 2.24 bits per heavy atom. The Morgan fingerprint density at radius 1 is 0.957 bits per heavy atom. The number of benzene rings is 2. The smallest absolute Gasteiger partial charge is 0.364 e. The maximum absolute atomic E-state index is 14.1. The molecule has 2 aromatic carbocycles. The summed E-state index contributed by atoms with van der Waals surface area (Å²) < 4.78 is 125. The first-order chi connectivity index (χ1) is 21.5. The van der Waals surface area contributed by atoms with Crippen molar-refractivity contribution in [1.82, 2.24) is 25.2 Å². The molecule has 0 saturated carbocycles. The van der Waals surface area contributed by atoms with E-state index in [0.717, 1.165) is 10.9 Å². The van der Waals surface area contributed by atoms with Crippen LogP contribution in [-0.4, -0.2) is 38.3 Å². The minimum Gasteiger partial charge on any atom is -0.364 e. The Labute approximate surface area is 260 Å². The molecule has 2 N–H and O–H groups in total. The molecule has 2 aromatic heterocycles. The van der Waals surface area contributed by atoms with Crippen LogP contribution in [0, 0.1) is 6.92 Å². The second-order valence-electron chi connectivity index (χ2n) is 10.7. The van der Waals surface area contributed by atoms with Crippen molar-refractivity contribution in [1.29, 1.82) is 0 Å². The van der Waals surface area contributed by atoms with Gasteiger partial charge in [-0.3, -0.25) is 0 Å². The van der Waals surface area contributed by atoms with Gasteiger partial charge in [-0.05, 0) is 65.9 Å². The van der Waals surface area contributed by atoms with Gasteiger partial charge < -0.3 is 15.5 Å². The molecule has 5 rings (SSSR count). The van der Waals surface area contributed by atoms with Crippen molar-refractivity contribution < 1.29 is 39.5 Å². The van der Waals surface area contributed by atoms with E-state index < -0.39 is 47.8 Å². The molecule has 3 heterocycles. The number of alkyl halides is 9. The number of thiazole rings is 1. The molecule has 0 amide bonds. The Morgan fingerprint density at radius 2 is 1.65 bits per heavy atom. The third-order valence-electron chi connectivity index (χ3n) is 7.50. The Kier molecular flexibility index (Phi) is 9.23. The summed E-state index contributed by atoms with van der Waals surface area (Å²) in [5, 5.41) is 14.6. The van der Waals surface area contributed by atoms with E-state index >= 15 is 0 Å². The summed E-state index contributed by atoms with van der Waals surface area (Å²) in [5.74, 6) is -0.138. The predicted molar refractivity (Wildman–Crippen MR) is 151 cm³/mol. The lowest BCUT2D eigenvalue weighted by Crippen LogP contribution is -2.30. The first-order valence-corrected chi connectivity index (χ1v) is 14.8. The van der Waals surface area contributed by atoms with Crippen LogP contribution in [0.3, 0.4) is 0 Å². The topological polar surface area (TPSA) is 89.0 Å². The maximum atomic E-state index is 14.1. The number of tetrazole rings is 1. The highest BCUT2D eigenvalue weighted by Crippen LogP contribution is 2.44. The number of aryl methyl sites for hydroxylation is 1. The van der Waals surface area contributed by atoms with E-state index in [1.165, 1.54) is 29.2 Å². The molecular formula is C28H27F9N8S. The summed E-state index contributed by atoms with van der Waals surface area (Å²) in [5.41, 5.74) is 1.83. The van der Waals surface area contributed by atoms with Crippen LogP contribution in [0.25, 0.3) is 0 Å². The van der Waals surface area contributed by atoms with Crippen LogP contribution in [0.15, 0.2) is 41.9 Å². The van der Waals surface area contributed by atoms with E-state index in [1.54, 1.807) is 16.5 Å². The van der Waals surface area contributed by atoms with Gasteiger partial charge in [-0.2, -0.15) is 44.3 Å². The number of halogens is 9. The van der Waals surface area contributed by atoms with Gasteiger partial charge in [0.25, 0.3) is 5.95 Å². The summed E-state index contributed by atoms with van der Waals surface area (Å²) >= 11 is 1.32. The molecule has 0 bridgehead atoms. The highest BCUT2D eigenvalue weighted by Gasteiger charge is 2.39. The van der Waals surface area contributed by atoms with E-state index in [1.807, 2.05) is 0 Å². The largest absolute Gasteiger partial charge is 0.416 e. The van der Waals surface area contributed by atoms with Crippen LogP contribution in [0.2, 0.25) is 0 Å². The van der Waals surface area contributed by atoms with E-state index in [2.05, 4.69) is 20.4 Å². The van der Waals surface area contributed by atoms with Crippen LogP contribution in [0.1, 0.15) is 57.3 Å². The van der Waals surface area contributed by atoms with Gasteiger partial charge in [0.1, 0.15) is 5.01 Å². The number of fused-ring (bicyclic) bond motifs is 1. The average molecular weight is 679 g/mol. The minimum absolute atomic E-state index is 0.0308. The van der Waals surface area contributed by atoms with Crippen molar-refractivity contribution in [2.45, 2.75) is 64.0 Å². The van der Waals surface area contributed by atoms with Crippen LogP contribution in [0.5, 0.6) is 0 Å².